The summed E-state index contributed by atoms with van der Waals surface area (Å²) in [6.07, 6.45) is 0. The normalized spacial score (nSPS) is 15.6. The van der Waals surface area contributed by atoms with Crippen molar-refractivity contribution in [2.75, 3.05) is 38.5 Å². The monoisotopic (exact) mass is 485 g/mol. The number of likely N-dealkylation sites (N-methyl/N-ethyl adjacent to an activating group) is 1. The van der Waals surface area contributed by atoms with Gasteiger partial charge in [0.1, 0.15) is 5.01 Å². The number of nitrogens with one attached hydrogen (secondary N) is 1. The summed E-state index contributed by atoms with van der Waals surface area (Å²) in [7, 11) is -1.69. The highest BCUT2D eigenvalue weighted by atomic mass is 32.2. The third-order valence-corrected chi connectivity index (χ3v) is 8.45. The topological polar surface area (TPSA) is 95.5 Å². The Hall–Kier alpha value is -2.66. The van der Waals surface area contributed by atoms with Crippen molar-refractivity contribution in [2.24, 2.45) is 0 Å². The minimum atomic E-state index is -3.65. The van der Waals surface area contributed by atoms with Crippen molar-refractivity contribution >= 4 is 32.4 Å². The van der Waals surface area contributed by atoms with Crippen LogP contribution in [0.2, 0.25) is 0 Å². The molecule has 0 atom stereocenters. The Bertz CT molecular complexity index is 1230. The molecule has 0 spiro atoms. The van der Waals surface area contributed by atoms with Crippen molar-refractivity contribution in [1.82, 2.24) is 19.4 Å². The molecule has 1 aromatic heterocycles. The summed E-state index contributed by atoms with van der Waals surface area (Å²) >= 11 is 1.27. The Morgan fingerprint density at radius 1 is 1.03 bits per heavy atom. The molecule has 1 N–H and O–H groups in total. The highest BCUT2D eigenvalue weighted by molar-refractivity contribution is 7.89. The number of carbonyl (C=O) groups excluding carboxylic acids is 1. The number of aromatic nitrogens is 2. The molecule has 2 heterocycles. The molecule has 174 valence electrons. The molecule has 4 rings (SSSR count). The number of piperazine rings is 1. The zero-order valence-electron chi connectivity index (χ0n) is 18.9. The van der Waals surface area contributed by atoms with E-state index in [9.17, 15) is 13.2 Å². The van der Waals surface area contributed by atoms with Crippen LogP contribution < -0.4 is 5.32 Å². The first-order chi connectivity index (χ1) is 15.7. The second-order valence-corrected chi connectivity index (χ2v) is 11.3. The van der Waals surface area contributed by atoms with Crippen molar-refractivity contribution in [3.05, 3.63) is 59.7 Å². The van der Waals surface area contributed by atoms with Crippen LogP contribution in [0, 0.1) is 0 Å². The lowest BCUT2D eigenvalue weighted by molar-refractivity contribution is 0.102. The lowest BCUT2D eigenvalue weighted by Crippen LogP contribution is -2.47. The van der Waals surface area contributed by atoms with Gasteiger partial charge in [-0.3, -0.25) is 10.1 Å². The van der Waals surface area contributed by atoms with Crippen LogP contribution in [0.25, 0.3) is 10.6 Å². The maximum absolute atomic E-state index is 13.0. The average Bonchev–Trinajstić information content (AvgIpc) is 3.28. The van der Waals surface area contributed by atoms with E-state index in [1.54, 1.807) is 12.1 Å². The van der Waals surface area contributed by atoms with Gasteiger partial charge in [-0.05, 0) is 36.7 Å². The van der Waals surface area contributed by atoms with Gasteiger partial charge in [0.25, 0.3) is 5.91 Å². The van der Waals surface area contributed by atoms with E-state index in [4.69, 9.17) is 0 Å². The molecule has 3 aromatic rings. The molecule has 0 radical (unpaired) electrons. The van der Waals surface area contributed by atoms with Crippen LogP contribution in [0.5, 0.6) is 0 Å². The average molecular weight is 486 g/mol. The molecule has 1 aliphatic heterocycles. The Morgan fingerprint density at radius 2 is 1.73 bits per heavy atom. The van der Waals surface area contributed by atoms with Crippen molar-refractivity contribution in [3.63, 3.8) is 0 Å². The fourth-order valence-electron chi connectivity index (χ4n) is 3.55. The van der Waals surface area contributed by atoms with E-state index in [0.29, 0.717) is 42.2 Å². The number of carbonyl (C=O) groups is 1. The fraction of sp³-hybridized carbons (Fsp3) is 0.348. The molecule has 1 fully saturated rings. The summed E-state index contributed by atoms with van der Waals surface area (Å²) in [5.74, 6) is 0.0161. The first-order valence-electron chi connectivity index (χ1n) is 10.8. The third-order valence-electron chi connectivity index (χ3n) is 5.67. The van der Waals surface area contributed by atoms with Gasteiger partial charge in [-0.15, -0.1) is 10.2 Å². The summed E-state index contributed by atoms with van der Waals surface area (Å²) in [6.45, 7) is 6.50. The summed E-state index contributed by atoms with van der Waals surface area (Å²) in [5.41, 5.74) is 2.42. The van der Waals surface area contributed by atoms with Crippen molar-refractivity contribution < 1.29 is 13.2 Å². The number of hydrogen-bond donors (Lipinski definition) is 1. The Morgan fingerprint density at radius 3 is 2.39 bits per heavy atom. The number of benzene rings is 2. The van der Waals surface area contributed by atoms with Gasteiger partial charge in [0, 0.05) is 37.3 Å². The predicted octanol–water partition coefficient (Wildman–Crippen LogP) is 3.52. The highest BCUT2D eigenvalue weighted by Crippen LogP contribution is 2.28. The number of sulfonamides is 1. The van der Waals surface area contributed by atoms with Crippen LogP contribution in [0.4, 0.5) is 5.13 Å². The predicted molar refractivity (Wildman–Crippen MR) is 130 cm³/mol. The van der Waals surface area contributed by atoms with Crippen molar-refractivity contribution in [2.45, 2.75) is 24.7 Å². The Balaban J connectivity index is 1.47. The lowest BCUT2D eigenvalue weighted by Gasteiger charge is -2.31. The van der Waals surface area contributed by atoms with E-state index < -0.39 is 15.9 Å². The second kappa shape index (κ2) is 9.68. The quantitative estimate of drug-likeness (QED) is 0.574. The molecule has 33 heavy (non-hydrogen) atoms. The minimum Gasteiger partial charge on any atom is -0.304 e. The highest BCUT2D eigenvalue weighted by Gasteiger charge is 2.28. The molecule has 8 nitrogen and oxygen atoms in total. The van der Waals surface area contributed by atoms with Gasteiger partial charge in [0.15, 0.2) is 0 Å². The Labute approximate surface area is 198 Å². The van der Waals surface area contributed by atoms with E-state index in [-0.39, 0.29) is 10.5 Å². The first-order valence-corrected chi connectivity index (χ1v) is 13.0. The fourth-order valence-corrected chi connectivity index (χ4v) is 5.76. The molecular weight excluding hydrogens is 458 g/mol. The van der Waals surface area contributed by atoms with Crippen LogP contribution in [0.1, 0.15) is 35.7 Å². The maximum atomic E-state index is 13.0. The van der Waals surface area contributed by atoms with Crippen molar-refractivity contribution in [1.29, 1.82) is 0 Å². The van der Waals surface area contributed by atoms with Crippen molar-refractivity contribution in [3.8, 4) is 10.6 Å². The van der Waals surface area contributed by atoms with Gasteiger partial charge in [0.2, 0.25) is 15.2 Å². The summed E-state index contributed by atoms with van der Waals surface area (Å²) in [6, 6.07) is 14.2. The van der Waals surface area contributed by atoms with Crippen LogP contribution in [0.15, 0.2) is 53.4 Å². The molecule has 0 bridgehead atoms. The molecule has 0 saturated carbocycles. The number of amides is 1. The molecule has 0 aliphatic carbocycles. The van der Waals surface area contributed by atoms with Crippen LogP contribution in [0.3, 0.4) is 0 Å². The summed E-state index contributed by atoms with van der Waals surface area (Å²) < 4.78 is 27.5. The van der Waals surface area contributed by atoms with Gasteiger partial charge in [0.05, 0.1) is 4.90 Å². The van der Waals surface area contributed by atoms with Gasteiger partial charge >= 0.3 is 0 Å². The van der Waals surface area contributed by atoms with E-state index >= 15 is 0 Å². The van der Waals surface area contributed by atoms with E-state index in [2.05, 4.69) is 46.4 Å². The molecule has 2 aromatic carbocycles. The van der Waals surface area contributed by atoms with Crippen LogP contribution >= 0.6 is 11.3 Å². The van der Waals surface area contributed by atoms with Gasteiger partial charge in [-0.2, -0.15) is 4.31 Å². The SMILES string of the molecule is CC(C)c1ccc(-c2nnc(NC(=O)c3cccc(S(=O)(=O)N4CCN(C)CC4)c3)s2)cc1. The standard InChI is InChI=1S/C23H27N5O3S2/c1-16(2)17-7-9-18(10-8-17)22-25-26-23(32-22)24-21(29)19-5-4-6-20(15-19)33(30,31)28-13-11-27(3)12-14-28/h4-10,15-16H,11-14H2,1-3H3,(H,24,26,29). The first kappa shape index (κ1) is 23.5. The van der Waals surface area contributed by atoms with Gasteiger partial charge < -0.3 is 4.90 Å². The van der Waals surface area contributed by atoms with E-state index in [1.165, 1.54) is 33.3 Å². The Kier molecular flexibility index (Phi) is 6.89. The minimum absolute atomic E-state index is 0.114. The molecule has 1 saturated heterocycles. The molecule has 10 heteroatoms. The molecular formula is C23H27N5O3S2. The van der Waals surface area contributed by atoms with E-state index in [1.807, 2.05) is 19.2 Å². The van der Waals surface area contributed by atoms with Crippen LogP contribution in [-0.2, 0) is 10.0 Å². The number of anilines is 1. The van der Waals surface area contributed by atoms with Crippen LogP contribution in [-0.4, -0.2) is 67.0 Å². The third kappa shape index (κ3) is 5.30. The number of rotatable bonds is 6. The summed E-state index contributed by atoms with van der Waals surface area (Å²) in [5, 5.41) is 12.0. The zero-order chi connectivity index (χ0) is 23.6. The second-order valence-electron chi connectivity index (χ2n) is 8.38. The number of nitrogens with zero attached hydrogens (tertiary/aromatic N) is 4. The summed E-state index contributed by atoms with van der Waals surface area (Å²) in [4.78, 5) is 15.0. The largest absolute Gasteiger partial charge is 0.304 e. The van der Waals surface area contributed by atoms with Gasteiger partial charge in [-0.25, -0.2) is 8.42 Å². The zero-order valence-corrected chi connectivity index (χ0v) is 20.5. The number of hydrogen-bond acceptors (Lipinski definition) is 7. The van der Waals surface area contributed by atoms with Gasteiger partial charge in [-0.1, -0.05) is 55.5 Å². The van der Waals surface area contributed by atoms with E-state index in [0.717, 1.165) is 5.56 Å². The molecule has 1 amide bonds. The smallest absolute Gasteiger partial charge is 0.257 e. The maximum Gasteiger partial charge on any atom is 0.257 e. The lowest BCUT2D eigenvalue weighted by atomic mass is 10.0. The molecule has 0 unspecified atom stereocenters. The molecule has 1 aliphatic rings.